The van der Waals surface area contributed by atoms with Crippen molar-refractivity contribution in [1.82, 2.24) is 15.1 Å². The molecule has 0 aliphatic carbocycles. The maximum Gasteiger partial charge on any atom is 0.303 e. The van der Waals surface area contributed by atoms with Crippen LogP contribution in [0.4, 0.5) is 0 Å². The van der Waals surface area contributed by atoms with Crippen molar-refractivity contribution in [3.05, 3.63) is 52.8 Å². The molecule has 0 unspecified atom stereocenters. The number of nitrogens with one attached hydrogen (secondary N) is 1. The molecule has 2 rings (SSSR count). The maximum absolute atomic E-state index is 11.9. The Morgan fingerprint density at radius 2 is 2.09 bits per heavy atom. The lowest BCUT2D eigenvalue weighted by atomic mass is 10.2. The lowest BCUT2D eigenvalue weighted by Crippen LogP contribution is -2.24. The van der Waals surface area contributed by atoms with Gasteiger partial charge >= 0.3 is 5.97 Å². The van der Waals surface area contributed by atoms with Gasteiger partial charge in [0.25, 0.3) is 5.91 Å². The number of carbonyl (C=O) groups excluding carboxylic acids is 1. The van der Waals surface area contributed by atoms with Crippen molar-refractivity contribution in [3.8, 4) is 0 Å². The van der Waals surface area contributed by atoms with Crippen LogP contribution in [0.25, 0.3) is 0 Å². The first-order chi connectivity index (χ1) is 10.6. The predicted octanol–water partition coefficient (Wildman–Crippen LogP) is 2.18. The number of nitrogens with zero attached hydrogens (tertiary/aromatic N) is 2. The van der Waals surface area contributed by atoms with Crippen LogP contribution in [0.3, 0.4) is 0 Å². The number of aromatic nitrogens is 2. The van der Waals surface area contributed by atoms with E-state index in [2.05, 4.69) is 10.4 Å². The van der Waals surface area contributed by atoms with Gasteiger partial charge in [-0.15, -0.1) is 0 Å². The molecule has 0 radical (unpaired) electrons. The second kappa shape index (κ2) is 7.61. The predicted molar refractivity (Wildman–Crippen MR) is 82.0 cm³/mol. The highest BCUT2D eigenvalue weighted by atomic mass is 35.5. The summed E-state index contributed by atoms with van der Waals surface area (Å²) in [7, 11) is 0. The molecule has 2 aromatic rings. The summed E-state index contributed by atoms with van der Waals surface area (Å²) in [5.41, 5.74) is 1.35. The van der Waals surface area contributed by atoms with Crippen molar-refractivity contribution in [2.24, 2.45) is 0 Å². The van der Waals surface area contributed by atoms with Crippen molar-refractivity contribution < 1.29 is 14.7 Å². The molecule has 2 N–H and O–H groups in total. The fraction of sp³-hybridized carbons (Fsp3) is 0.267. The van der Waals surface area contributed by atoms with Crippen LogP contribution < -0.4 is 5.32 Å². The monoisotopic (exact) mass is 321 g/mol. The van der Waals surface area contributed by atoms with Crippen LogP contribution >= 0.6 is 11.6 Å². The molecule has 0 fully saturated rings. The molecule has 1 aromatic carbocycles. The third kappa shape index (κ3) is 4.60. The maximum atomic E-state index is 11.9. The molecule has 0 aliphatic rings. The van der Waals surface area contributed by atoms with E-state index in [0.717, 1.165) is 5.56 Å². The normalized spacial score (nSPS) is 10.4. The molecule has 1 aromatic heterocycles. The van der Waals surface area contributed by atoms with E-state index in [0.29, 0.717) is 30.1 Å². The quantitative estimate of drug-likeness (QED) is 0.765. The van der Waals surface area contributed by atoms with Crippen LogP contribution in [0, 0.1) is 0 Å². The Morgan fingerprint density at radius 3 is 2.82 bits per heavy atom. The SMILES string of the molecule is O=C(O)CCCNC(=O)c1cnn(Cc2ccccc2Cl)c1. The zero-order chi connectivity index (χ0) is 15.9. The van der Waals surface area contributed by atoms with Gasteiger partial charge < -0.3 is 10.4 Å². The lowest BCUT2D eigenvalue weighted by Gasteiger charge is -2.04. The second-order valence-corrected chi connectivity index (χ2v) is 5.18. The Balaban J connectivity index is 1.89. The zero-order valence-electron chi connectivity index (χ0n) is 11.8. The summed E-state index contributed by atoms with van der Waals surface area (Å²) in [6.07, 6.45) is 3.54. The number of carbonyl (C=O) groups is 2. The van der Waals surface area contributed by atoms with Crippen LogP contribution in [-0.2, 0) is 11.3 Å². The molecule has 1 heterocycles. The minimum Gasteiger partial charge on any atom is -0.481 e. The van der Waals surface area contributed by atoms with Crippen LogP contribution in [-0.4, -0.2) is 33.3 Å². The highest BCUT2D eigenvalue weighted by Crippen LogP contribution is 2.16. The average Bonchev–Trinajstić information content (AvgIpc) is 2.94. The van der Waals surface area contributed by atoms with Crippen LogP contribution in [0.15, 0.2) is 36.7 Å². The van der Waals surface area contributed by atoms with Gasteiger partial charge in [0.1, 0.15) is 0 Å². The number of hydrogen-bond acceptors (Lipinski definition) is 3. The van der Waals surface area contributed by atoms with Crippen molar-refractivity contribution in [2.75, 3.05) is 6.54 Å². The molecule has 7 heteroatoms. The highest BCUT2D eigenvalue weighted by molar-refractivity contribution is 6.31. The number of benzene rings is 1. The minimum atomic E-state index is -0.873. The van der Waals surface area contributed by atoms with E-state index in [1.165, 1.54) is 6.20 Å². The minimum absolute atomic E-state index is 0.0338. The molecule has 1 amide bonds. The van der Waals surface area contributed by atoms with Crippen molar-refractivity contribution in [3.63, 3.8) is 0 Å². The van der Waals surface area contributed by atoms with E-state index in [9.17, 15) is 9.59 Å². The first-order valence-corrected chi connectivity index (χ1v) is 7.20. The molecule has 0 bridgehead atoms. The molecule has 0 atom stereocenters. The smallest absolute Gasteiger partial charge is 0.303 e. The first kappa shape index (κ1) is 16.0. The Bertz CT molecular complexity index is 670. The topological polar surface area (TPSA) is 84.2 Å². The number of carboxylic acid groups (broad SMARTS) is 1. The van der Waals surface area contributed by atoms with Gasteiger partial charge in [-0.25, -0.2) is 0 Å². The molecule has 0 saturated carbocycles. The molecular weight excluding hydrogens is 306 g/mol. The number of carboxylic acids is 1. The first-order valence-electron chi connectivity index (χ1n) is 6.82. The van der Waals surface area contributed by atoms with Gasteiger partial charge in [-0.3, -0.25) is 14.3 Å². The summed E-state index contributed by atoms with van der Waals surface area (Å²) in [6, 6.07) is 7.44. The Hall–Kier alpha value is -2.34. The summed E-state index contributed by atoms with van der Waals surface area (Å²) >= 11 is 6.09. The van der Waals surface area contributed by atoms with E-state index >= 15 is 0 Å². The number of amides is 1. The molecular formula is C15H16ClN3O3. The van der Waals surface area contributed by atoms with Gasteiger partial charge in [-0.05, 0) is 18.1 Å². The fourth-order valence-electron chi connectivity index (χ4n) is 1.91. The third-order valence-electron chi connectivity index (χ3n) is 3.04. The van der Waals surface area contributed by atoms with E-state index in [-0.39, 0.29) is 12.3 Å². The van der Waals surface area contributed by atoms with Gasteiger partial charge in [-0.2, -0.15) is 5.10 Å². The molecule has 0 aliphatic heterocycles. The van der Waals surface area contributed by atoms with Gasteiger partial charge in [0.2, 0.25) is 0 Å². The Labute approximate surface area is 132 Å². The summed E-state index contributed by atoms with van der Waals surface area (Å²) in [6.45, 7) is 0.798. The molecule has 0 saturated heterocycles. The van der Waals surface area contributed by atoms with Gasteiger partial charge in [0.05, 0.1) is 18.3 Å². The number of halogens is 1. The van der Waals surface area contributed by atoms with Crippen LogP contribution in [0.5, 0.6) is 0 Å². The molecule has 0 spiro atoms. The summed E-state index contributed by atoms with van der Waals surface area (Å²) in [5, 5.41) is 16.0. The van der Waals surface area contributed by atoms with Crippen molar-refractivity contribution in [1.29, 1.82) is 0 Å². The van der Waals surface area contributed by atoms with Gasteiger partial charge in [0.15, 0.2) is 0 Å². The summed E-state index contributed by atoms with van der Waals surface area (Å²) in [5.74, 6) is -1.14. The molecule has 116 valence electrons. The zero-order valence-corrected chi connectivity index (χ0v) is 12.6. The van der Waals surface area contributed by atoms with E-state index in [1.54, 1.807) is 16.9 Å². The highest BCUT2D eigenvalue weighted by Gasteiger charge is 2.09. The number of hydrogen-bond donors (Lipinski definition) is 2. The van der Waals surface area contributed by atoms with Crippen molar-refractivity contribution in [2.45, 2.75) is 19.4 Å². The fourth-order valence-corrected chi connectivity index (χ4v) is 2.11. The van der Waals surface area contributed by atoms with Crippen LogP contribution in [0.1, 0.15) is 28.8 Å². The van der Waals surface area contributed by atoms with Gasteiger partial charge in [-0.1, -0.05) is 29.8 Å². The van der Waals surface area contributed by atoms with Crippen molar-refractivity contribution >= 4 is 23.5 Å². The Morgan fingerprint density at radius 1 is 1.32 bits per heavy atom. The largest absolute Gasteiger partial charge is 0.481 e. The second-order valence-electron chi connectivity index (χ2n) is 4.77. The van der Waals surface area contributed by atoms with E-state index < -0.39 is 5.97 Å². The van der Waals surface area contributed by atoms with E-state index in [1.807, 2.05) is 18.2 Å². The van der Waals surface area contributed by atoms with Crippen LogP contribution in [0.2, 0.25) is 5.02 Å². The third-order valence-corrected chi connectivity index (χ3v) is 3.41. The number of rotatable bonds is 7. The summed E-state index contributed by atoms with van der Waals surface area (Å²) < 4.78 is 1.63. The molecule has 22 heavy (non-hydrogen) atoms. The number of aliphatic carboxylic acids is 1. The molecule has 6 nitrogen and oxygen atoms in total. The standard InChI is InChI=1S/C15H16ClN3O3/c16-13-5-2-1-4-11(13)9-19-10-12(8-18-19)15(22)17-7-3-6-14(20)21/h1-2,4-5,8,10H,3,6-7,9H2,(H,17,22)(H,20,21). The Kier molecular flexibility index (Phi) is 5.55. The lowest BCUT2D eigenvalue weighted by molar-refractivity contribution is -0.137. The van der Waals surface area contributed by atoms with Gasteiger partial charge in [0, 0.05) is 24.2 Å². The van der Waals surface area contributed by atoms with E-state index in [4.69, 9.17) is 16.7 Å². The summed E-state index contributed by atoms with van der Waals surface area (Å²) in [4.78, 5) is 22.3. The average molecular weight is 322 g/mol.